The molecule has 0 saturated carbocycles. The molecule has 0 amide bonds. The van der Waals surface area contributed by atoms with Crippen LogP contribution in [0.2, 0.25) is 0 Å². The van der Waals surface area contributed by atoms with Gasteiger partial charge in [0.15, 0.2) is 5.82 Å². The lowest BCUT2D eigenvalue weighted by Gasteiger charge is -2.04. The van der Waals surface area contributed by atoms with Crippen LogP contribution in [0.5, 0.6) is 0 Å². The number of nitrogens with two attached hydrogens (primary N) is 1. The Morgan fingerprint density at radius 1 is 1.13 bits per heavy atom. The van der Waals surface area contributed by atoms with Crippen LogP contribution in [-0.4, -0.2) is 14.9 Å². The summed E-state index contributed by atoms with van der Waals surface area (Å²) in [6.07, 6.45) is 0. The van der Waals surface area contributed by atoms with Gasteiger partial charge in [0.25, 0.3) is 0 Å². The molecule has 3 rings (SSSR count). The summed E-state index contributed by atoms with van der Waals surface area (Å²) in [6, 6.07) is 15.6. The third-order valence-corrected chi connectivity index (χ3v) is 4.24. The van der Waals surface area contributed by atoms with Gasteiger partial charge in [0.05, 0.1) is 17.2 Å². The molecule has 0 aliphatic rings. The molecule has 0 aliphatic heterocycles. The van der Waals surface area contributed by atoms with Gasteiger partial charge in [-0.3, -0.25) is 0 Å². The van der Waals surface area contributed by atoms with E-state index in [2.05, 4.69) is 16.3 Å². The Balaban J connectivity index is 1.77. The van der Waals surface area contributed by atoms with E-state index in [4.69, 9.17) is 11.1 Å². The number of benzene rings is 2. The molecule has 0 aliphatic carbocycles. The van der Waals surface area contributed by atoms with Crippen LogP contribution in [0.25, 0.3) is 11.4 Å². The molecular formula is C16H12FN5S. The number of aromatic nitrogens is 3. The van der Waals surface area contributed by atoms with Crippen molar-refractivity contribution >= 4 is 11.8 Å². The fraction of sp³-hybridized carbons (Fsp3) is 0.0625. The van der Waals surface area contributed by atoms with Gasteiger partial charge in [-0.2, -0.15) is 5.26 Å². The number of hydrogen-bond acceptors (Lipinski definition) is 5. The van der Waals surface area contributed by atoms with Crippen LogP contribution in [-0.2, 0) is 5.75 Å². The van der Waals surface area contributed by atoms with Crippen molar-refractivity contribution in [1.82, 2.24) is 14.9 Å². The van der Waals surface area contributed by atoms with E-state index < -0.39 is 5.82 Å². The zero-order valence-electron chi connectivity index (χ0n) is 12.0. The molecule has 7 heteroatoms. The Labute approximate surface area is 136 Å². The topological polar surface area (TPSA) is 80.5 Å². The molecule has 23 heavy (non-hydrogen) atoms. The number of nitrogens with zero attached hydrogens (tertiary/aromatic N) is 4. The van der Waals surface area contributed by atoms with E-state index in [9.17, 15) is 4.39 Å². The molecule has 0 saturated heterocycles. The van der Waals surface area contributed by atoms with Crippen molar-refractivity contribution in [3.05, 3.63) is 65.5 Å². The fourth-order valence-corrected chi connectivity index (χ4v) is 2.84. The summed E-state index contributed by atoms with van der Waals surface area (Å²) in [5.74, 6) is 6.49. The number of thioether (sulfide) groups is 1. The molecule has 2 aromatic carbocycles. The average molecular weight is 325 g/mol. The maximum absolute atomic E-state index is 13.8. The Morgan fingerprint density at radius 2 is 1.87 bits per heavy atom. The maximum Gasteiger partial charge on any atom is 0.210 e. The van der Waals surface area contributed by atoms with Crippen LogP contribution in [0.15, 0.2) is 53.7 Å². The molecule has 0 fully saturated rings. The summed E-state index contributed by atoms with van der Waals surface area (Å²) >= 11 is 1.39. The SMILES string of the molecule is N#Cc1ccc(CSc2nnc(-c3ccccc3F)n2N)cc1. The molecule has 2 N–H and O–H groups in total. The molecule has 0 unspecified atom stereocenters. The summed E-state index contributed by atoms with van der Waals surface area (Å²) in [5, 5.41) is 17.3. The van der Waals surface area contributed by atoms with E-state index in [0.717, 1.165) is 5.56 Å². The number of nitriles is 1. The summed E-state index contributed by atoms with van der Waals surface area (Å²) in [7, 11) is 0. The molecule has 0 radical (unpaired) electrons. The second kappa shape index (κ2) is 6.50. The van der Waals surface area contributed by atoms with Gasteiger partial charge in [-0.05, 0) is 29.8 Å². The smallest absolute Gasteiger partial charge is 0.210 e. The lowest BCUT2D eigenvalue weighted by Crippen LogP contribution is -2.12. The highest BCUT2D eigenvalue weighted by Gasteiger charge is 2.15. The molecule has 114 valence electrons. The summed E-state index contributed by atoms with van der Waals surface area (Å²) in [4.78, 5) is 0. The van der Waals surface area contributed by atoms with Gasteiger partial charge in [0.1, 0.15) is 5.82 Å². The number of hydrogen-bond donors (Lipinski definition) is 1. The largest absolute Gasteiger partial charge is 0.335 e. The normalized spacial score (nSPS) is 10.4. The first kappa shape index (κ1) is 15.1. The van der Waals surface area contributed by atoms with Crippen LogP contribution in [0.3, 0.4) is 0 Å². The second-order valence-electron chi connectivity index (χ2n) is 4.75. The van der Waals surface area contributed by atoms with Gasteiger partial charge < -0.3 is 5.84 Å². The zero-order valence-corrected chi connectivity index (χ0v) is 12.8. The van der Waals surface area contributed by atoms with E-state index in [1.54, 1.807) is 30.3 Å². The molecule has 3 aromatic rings. The first-order valence-corrected chi connectivity index (χ1v) is 7.75. The Morgan fingerprint density at radius 3 is 2.57 bits per heavy atom. The number of nitrogen functional groups attached to an aromatic ring is 1. The molecule has 5 nitrogen and oxygen atoms in total. The van der Waals surface area contributed by atoms with Crippen molar-refractivity contribution in [2.75, 3.05) is 5.84 Å². The Hall–Kier alpha value is -2.85. The van der Waals surface area contributed by atoms with Crippen molar-refractivity contribution in [3.63, 3.8) is 0 Å². The lowest BCUT2D eigenvalue weighted by molar-refractivity contribution is 0.629. The molecule has 0 atom stereocenters. The third-order valence-electron chi connectivity index (χ3n) is 3.23. The summed E-state index contributed by atoms with van der Waals surface area (Å²) < 4.78 is 15.1. The fourth-order valence-electron chi connectivity index (χ4n) is 2.03. The maximum atomic E-state index is 13.8. The van der Waals surface area contributed by atoms with Gasteiger partial charge in [0.2, 0.25) is 5.16 Å². The summed E-state index contributed by atoms with van der Waals surface area (Å²) in [6.45, 7) is 0. The van der Waals surface area contributed by atoms with Crippen LogP contribution in [0.1, 0.15) is 11.1 Å². The van der Waals surface area contributed by atoms with Crippen molar-refractivity contribution in [1.29, 1.82) is 5.26 Å². The second-order valence-corrected chi connectivity index (χ2v) is 5.70. The molecule has 0 spiro atoms. The Bertz CT molecular complexity index is 867. The number of rotatable bonds is 4. The molecule has 1 aromatic heterocycles. The minimum atomic E-state index is -0.393. The van der Waals surface area contributed by atoms with Gasteiger partial charge in [-0.25, -0.2) is 9.07 Å². The average Bonchev–Trinajstić information content (AvgIpc) is 2.94. The van der Waals surface area contributed by atoms with Crippen LogP contribution in [0.4, 0.5) is 4.39 Å². The highest BCUT2D eigenvalue weighted by atomic mass is 32.2. The van der Waals surface area contributed by atoms with Gasteiger partial charge in [-0.1, -0.05) is 36.0 Å². The van der Waals surface area contributed by atoms with E-state index in [-0.39, 0.29) is 5.82 Å². The lowest BCUT2D eigenvalue weighted by atomic mass is 10.2. The minimum absolute atomic E-state index is 0.283. The third kappa shape index (κ3) is 3.17. The quantitative estimate of drug-likeness (QED) is 0.589. The van der Waals surface area contributed by atoms with Crippen molar-refractivity contribution in [3.8, 4) is 17.5 Å². The Kier molecular flexibility index (Phi) is 4.26. The molecule has 1 heterocycles. The van der Waals surface area contributed by atoms with Crippen molar-refractivity contribution in [2.24, 2.45) is 0 Å². The van der Waals surface area contributed by atoms with Gasteiger partial charge in [-0.15, -0.1) is 10.2 Å². The minimum Gasteiger partial charge on any atom is -0.335 e. The van der Waals surface area contributed by atoms with Gasteiger partial charge in [0, 0.05) is 5.75 Å². The van der Waals surface area contributed by atoms with Gasteiger partial charge >= 0.3 is 0 Å². The predicted molar refractivity (Wildman–Crippen MR) is 86.3 cm³/mol. The molecule has 0 bridgehead atoms. The van der Waals surface area contributed by atoms with Crippen LogP contribution in [0, 0.1) is 17.1 Å². The first-order chi connectivity index (χ1) is 11.2. The first-order valence-electron chi connectivity index (χ1n) is 6.76. The van der Waals surface area contributed by atoms with Crippen LogP contribution < -0.4 is 5.84 Å². The van der Waals surface area contributed by atoms with E-state index in [1.165, 1.54) is 22.5 Å². The molecular weight excluding hydrogens is 313 g/mol. The highest BCUT2D eigenvalue weighted by molar-refractivity contribution is 7.98. The van der Waals surface area contributed by atoms with Crippen molar-refractivity contribution < 1.29 is 4.39 Å². The van der Waals surface area contributed by atoms with E-state index in [0.29, 0.717) is 22.0 Å². The predicted octanol–water partition coefficient (Wildman–Crippen LogP) is 2.96. The zero-order chi connectivity index (χ0) is 16.2. The summed E-state index contributed by atoms with van der Waals surface area (Å²) in [5.41, 5.74) is 1.96. The number of halogens is 1. The van der Waals surface area contributed by atoms with E-state index in [1.807, 2.05) is 12.1 Å². The van der Waals surface area contributed by atoms with Crippen LogP contribution >= 0.6 is 11.8 Å². The van der Waals surface area contributed by atoms with Crippen molar-refractivity contribution in [2.45, 2.75) is 10.9 Å². The highest BCUT2D eigenvalue weighted by Crippen LogP contribution is 2.25. The standard InChI is InChI=1S/C16H12FN5S/c17-14-4-2-1-3-13(14)15-20-21-16(22(15)19)23-10-12-7-5-11(9-18)6-8-12/h1-8H,10,19H2. The monoisotopic (exact) mass is 325 g/mol. The van der Waals surface area contributed by atoms with E-state index >= 15 is 0 Å².